The molecule has 0 bridgehead atoms. The minimum Gasteiger partial charge on any atom is -0.316 e. The molecule has 2 aromatic rings. The van der Waals surface area contributed by atoms with Crippen molar-refractivity contribution >= 4 is 38.9 Å². The molecule has 0 aliphatic rings. The normalized spacial score (nSPS) is 12.6. The maximum absolute atomic E-state index is 6.26. The molecule has 0 aliphatic carbocycles. The van der Waals surface area contributed by atoms with E-state index in [9.17, 15) is 0 Å². The van der Waals surface area contributed by atoms with E-state index in [4.69, 9.17) is 11.6 Å². The summed E-state index contributed by atoms with van der Waals surface area (Å²) in [5.74, 6) is 0. The quantitative estimate of drug-likeness (QED) is 0.840. The van der Waals surface area contributed by atoms with Gasteiger partial charge in [-0.25, -0.2) is 0 Å². The molecule has 1 N–H and O–H groups in total. The topological polar surface area (TPSA) is 12.0 Å². The number of nitrogens with one attached hydrogen (secondary N) is 1. The highest BCUT2D eigenvalue weighted by Gasteiger charge is 2.11. The molecule has 1 atom stereocenters. The summed E-state index contributed by atoms with van der Waals surface area (Å²) < 4.78 is 1.02. The predicted molar refractivity (Wildman–Crippen MR) is 83.7 cm³/mol. The summed E-state index contributed by atoms with van der Waals surface area (Å²) >= 11 is 11.5. The van der Waals surface area contributed by atoms with Gasteiger partial charge in [0.1, 0.15) is 0 Å². The summed E-state index contributed by atoms with van der Waals surface area (Å²) in [4.78, 5) is 1.41. The van der Waals surface area contributed by atoms with Crippen LogP contribution in [0.5, 0.6) is 0 Å². The van der Waals surface area contributed by atoms with Crippen molar-refractivity contribution in [3.8, 4) is 0 Å². The van der Waals surface area contributed by atoms with E-state index in [1.165, 1.54) is 10.4 Å². The first-order valence-electron chi connectivity index (χ1n) is 5.82. The third-order valence-electron chi connectivity index (χ3n) is 2.92. The third kappa shape index (κ3) is 3.82. The molecule has 2 rings (SSSR count). The molecule has 1 unspecified atom stereocenters. The standard InChI is InChI=1S/C14H15BrClNS/c1-17-12(9-13-3-2-6-18-13)7-10-4-5-11(15)8-14(10)16/h2-6,8,12,17H,7,9H2,1H3. The van der Waals surface area contributed by atoms with Gasteiger partial charge in [0.2, 0.25) is 0 Å². The zero-order valence-electron chi connectivity index (χ0n) is 10.1. The van der Waals surface area contributed by atoms with E-state index in [0.717, 1.165) is 22.3 Å². The molecule has 0 aliphatic heterocycles. The minimum absolute atomic E-state index is 0.419. The number of thiophene rings is 1. The van der Waals surface area contributed by atoms with Gasteiger partial charge in [-0.05, 0) is 49.0 Å². The van der Waals surface area contributed by atoms with E-state index >= 15 is 0 Å². The Morgan fingerprint density at radius 1 is 1.33 bits per heavy atom. The van der Waals surface area contributed by atoms with Crippen molar-refractivity contribution in [2.24, 2.45) is 0 Å². The maximum Gasteiger partial charge on any atom is 0.0449 e. The molecule has 0 amide bonds. The molecule has 1 aromatic heterocycles. The Morgan fingerprint density at radius 3 is 2.78 bits per heavy atom. The van der Waals surface area contributed by atoms with Crippen molar-refractivity contribution in [1.29, 1.82) is 0 Å². The van der Waals surface area contributed by atoms with Gasteiger partial charge in [0, 0.05) is 20.4 Å². The third-order valence-corrected chi connectivity index (χ3v) is 4.66. The number of likely N-dealkylation sites (N-methyl/N-ethyl adjacent to an activating group) is 1. The molecule has 0 fully saturated rings. The van der Waals surface area contributed by atoms with Gasteiger partial charge in [-0.3, -0.25) is 0 Å². The zero-order valence-corrected chi connectivity index (χ0v) is 13.3. The molecule has 0 radical (unpaired) electrons. The lowest BCUT2D eigenvalue weighted by molar-refractivity contribution is 0.560. The zero-order chi connectivity index (χ0) is 13.0. The molecular formula is C14H15BrClNS. The molecule has 1 heterocycles. The van der Waals surface area contributed by atoms with Gasteiger partial charge in [0.25, 0.3) is 0 Å². The van der Waals surface area contributed by atoms with Crippen LogP contribution in [0.25, 0.3) is 0 Å². The van der Waals surface area contributed by atoms with E-state index < -0.39 is 0 Å². The summed E-state index contributed by atoms with van der Waals surface area (Å²) in [7, 11) is 2.00. The van der Waals surface area contributed by atoms with Gasteiger partial charge in [0.15, 0.2) is 0 Å². The van der Waals surface area contributed by atoms with Gasteiger partial charge in [-0.15, -0.1) is 11.3 Å². The molecule has 1 nitrogen and oxygen atoms in total. The van der Waals surface area contributed by atoms with Crippen LogP contribution in [0.4, 0.5) is 0 Å². The number of benzene rings is 1. The van der Waals surface area contributed by atoms with E-state index in [2.05, 4.69) is 44.8 Å². The van der Waals surface area contributed by atoms with E-state index in [1.807, 2.05) is 19.2 Å². The fourth-order valence-corrected chi connectivity index (χ4v) is 3.44. The second-order valence-electron chi connectivity index (χ2n) is 4.21. The van der Waals surface area contributed by atoms with Crippen LogP contribution < -0.4 is 5.32 Å². The van der Waals surface area contributed by atoms with Gasteiger partial charge >= 0.3 is 0 Å². The van der Waals surface area contributed by atoms with Crippen LogP contribution in [0.1, 0.15) is 10.4 Å². The van der Waals surface area contributed by atoms with Crippen molar-refractivity contribution in [2.75, 3.05) is 7.05 Å². The van der Waals surface area contributed by atoms with Gasteiger partial charge in [0.05, 0.1) is 0 Å². The van der Waals surface area contributed by atoms with Crippen LogP contribution in [-0.4, -0.2) is 13.1 Å². The number of rotatable bonds is 5. The van der Waals surface area contributed by atoms with Crippen LogP contribution in [0.2, 0.25) is 5.02 Å². The van der Waals surface area contributed by atoms with Crippen molar-refractivity contribution in [3.63, 3.8) is 0 Å². The van der Waals surface area contributed by atoms with Crippen molar-refractivity contribution in [3.05, 3.63) is 55.6 Å². The molecule has 96 valence electrons. The molecule has 18 heavy (non-hydrogen) atoms. The first-order valence-corrected chi connectivity index (χ1v) is 7.87. The Balaban J connectivity index is 2.05. The van der Waals surface area contributed by atoms with E-state index in [0.29, 0.717) is 6.04 Å². The van der Waals surface area contributed by atoms with Crippen molar-refractivity contribution in [1.82, 2.24) is 5.32 Å². The van der Waals surface area contributed by atoms with Gasteiger partial charge < -0.3 is 5.32 Å². The van der Waals surface area contributed by atoms with Crippen molar-refractivity contribution in [2.45, 2.75) is 18.9 Å². The summed E-state index contributed by atoms with van der Waals surface area (Å²) in [5, 5.41) is 6.32. The highest BCUT2D eigenvalue weighted by atomic mass is 79.9. The minimum atomic E-state index is 0.419. The summed E-state index contributed by atoms with van der Waals surface area (Å²) in [6.07, 6.45) is 1.99. The average molecular weight is 345 g/mol. The van der Waals surface area contributed by atoms with Gasteiger partial charge in [-0.2, -0.15) is 0 Å². The Morgan fingerprint density at radius 2 is 2.17 bits per heavy atom. The summed E-state index contributed by atoms with van der Waals surface area (Å²) in [5.41, 5.74) is 1.19. The highest BCUT2D eigenvalue weighted by molar-refractivity contribution is 9.10. The number of hydrogen-bond donors (Lipinski definition) is 1. The monoisotopic (exact) mass is 343 g/mol. The lowest BCUT2D eigenvalue weighted by Crippen LogP contribution is -2.29. The van der Waals surface area contributed by atoms with Crippen LogP contribution in [0.15, 0.2) is 40.2 Å². The van der Waals surface area contributed by atoms with Gasteiger partial charge in [-0.1, -0.05) is 39.7 Å². The van der Waals surface area contributed by atoms with Crippen molar-refractivity contribution < 1.29 is 0 Å². The van der Waals surface area contributed by atoms with E-state index in [1.54, 1.807) is 11.3 Å². The molecule has 1 aromatic carbocycles. The van der Waals surface area contributed by atoms with E-state index in [-0.39, 0.29) is 0 Å². The molecule has 0 saturated heterocycles. The molecule has 0 saturated carbocycles. The first-order chi connectivity index (χ1) is 8.69. The Labute approximate surface area is 125 Å². The summed E-state index contributed by atoms with van der Waals surface area (Å²) in [6.45, 7) is 0. The van der Waals surface area contributed by atoms with Crippen LogP contribution in [0, 0.1) is 0 Å². The fraction of sp³-hybridized carbons (Fsp3) is 0.286. The van der Waals surface area contributed by atoms with Crippen LogP contribution in [0.3, 0.4) is 0 Å². The highest BCUT2D eigenvalue weighted by Crippen LogP contribution is 2.23. The predicted octanol–water partition coefficient (Wildman–Crippen LogP) is 4.54. The Hall–Kier alpha value is -0.350. The second-order valence-corrected chi connectivity index (χ2v) is 6.56. The Kier molecular flexibility index (Phi) is 5.25. The van der Waals surface area contributed by atoms with Crippen LogP contribution >= 0.6 is 38.9 Å². The summed E-state index contributed by atoms with van der Waals surface area (Å²) in [6, 6.07) is 10.8. The Bertz CT molecular complexity index is 499. The number of halogens is 2. The van der Waals surface area contributed by atoms with Crippen LogP contribution in [-0.2, 0) is 12.8 Å². The SMILES string of the molecule is CNC(Cc1cccs1)Cc1ccc(Br)cc1Cl. The second kappa shape index (κ2) is 6.71. The molecule has 4 heteroatoms. The lowest BCUT2D eigenvalue weighted by Gasteiger charge is -2.16. The maximum atomic E-state index is 6.26. The fourth-order valence-electron chi connectivity index (χ4n) is 1.90. The average Bonchev–Trinajstić information content (AvgIpc) is 2.84. The number of hydrogen-bond acceptors (Lipinski definition) is 2. The first kappa shape index (κ1) is 14.1. The smallest absolute Gasteiger partial charge is 0.0449 e. The lowest BCUT2D eigenvalue weighted by atomic mass is 10.0. The molecule has 0 spiro atoms. The molecular weight excluding hydrogens is 330 g/mol. The largest absolute Gasteiger partial charge is 0.316 e.